The van der Waals surface area contributed by atoms with Gasteiger partial charge in [-0.1, -0.05) is 48.5 Å². The number of fused-ring (bicyclic) bond motifs is 1. The number of rotatable bonds is 2. The Hall–Kier alpha value is -2.09. The van der Waals surface area contributed by atoms with Crippen LogP contribution in [0.3, 0.4) is 0 Å². The minimum atomic E-state index is -0.251. The van der Waals surface area contributed by atoms with Gasteiger partial charge in [0.1, 0.15) is 5.60 Å². The Labute approximate surface area is 137 Å². The lowest BCUT2D eigenvalue weighted by atomic mass is 9.72. The van der Waals surface area contributed by atoms with Crippen molar-refractivity contribution >= 4 is 5.97 Å². The lowest BCUT2D eigenvalue weighted by Gasteiger charge is -2.42. The molecule has 2 aromatic carbocycles. The van der Waals surface area contributed by atoms with Gasteiger partial charge in [-0.2, -0.15) is 0 Å². The number of hydrogen-bond donors (Lipinski definition) is 0. The van der Waals surface area contributed by atoms with Gasteiger partial charge in [-0.3, -0.25) is 0 Å². The number of esters is 1. The van der Waals surface area contributed by atoms with E-state index in [0.717, 1.165) is 49.7 Å². The molecule has 0 bridgehead atoms. The number of benzene rings is 2. The fourth-order valence-corrected chi connectivity index (χ4v) is 4.14. The highest BCUT2D eigenvalue weighted by Gasteiger charge is 2.42. The highest BCUT2D eigenvalue weighted by atomic mass is 16.6. The van der Waals surface area contributed by atoms with E-state index >= 15 is 0 Å². The van der Waals surface area contributed by atoms with Crippen molar-refractivity contribution in [2.75, 3.05) is 0 Å². The summed E-state index contributed by atoms with van der Waals surface area (Å²) in [4.78, 5) is 12.3. The fourth-order valence-electron chi connectivity index (χ4n) is 4.14. The topological polar surface area (TPSA) is 26.3 Å². The molecule has 0 atom stereocenters. The van der Waals surface area contributed by atoms with Gasteiger partial charge in [0.2, 0.25) is 0 Å². The van der Waals surface area contributed by atoms with Crippen LogP contribution in [-0.2, 0) is 17.6 Å². The Morgan fingerprint density at radius 2 is 1.65 bits per heavy atom. The first-order valence-corrected chi connectivity index (χ1v) is 8.59. The molecule has 1 spiro atoms. The molecular formula is C21H22O2. The average molecular weight is 306 g/mol. The van der Waals surface area contributed by atoms with Crippen molar-refractivity contribution in [3.63, 3.8) is 0 Å². The molecule has 1 fully saturated rings. The SMILES string of the molecule is O=C1OC2(CCC(Cc3ccccc3)CC2)Cc2ccccc21. The number of ether oxygens (including phenoxy) is 1. The standard InChI is InChI=1S/C21H22O2/c22-20-19-9-5-4-8-18(19)15-21(23-20)12-10-17(11-13-21)14-16-6-2-1-3-7-16/h1-9,17H,10-15H2. The van der Waals surface area contributed by atoms with Gasteiger partial charge in [0.25, 0.3) is 0 Å². The molecule has 2 nitrogen and oxygen atoms in total. The first-order valence-electron chi connectivity index (χ1n) is 8.59. The molecule has 118 valence electrons. The summed E-state index contributed by atoms with van der Waals surface area (Å²) < 4.78 is 5.90. The number of carbonyl (C=O) groups excluding carboxylic acids is 1. The zero-order valence-electron chi connectivity index (χ0n) is 13.3. The van der Waals surface area contributed by atoms with Crippen LogP contribution in [0.5, 0.6) is 0 Å². The summed E-state index contributed by atoms with van der Waals surface area (Å²) in [6, 6.07) is 18.6. The van der Waals surface area contributed by atoms with E-state index in [4.69, 9.17) is 4.74 Å². The van der Waals surface area contributed by atoms with E-state index in [9.17, 15) is 4.79 Å². The molecule has 1 heterocycles. The van der Waals surface area contributed by atoms with Gasteiger partial charge in [-0.05, 0) is 55.2 Å². The predicted octanol–water partition coefficient (Wildman–Crippen LogP) is 4.57. The Kier molecular flexibility index (Phi) is 3.68. The van der Waals surface area contributed by atoms with E-state index in [2.05, 4.69) is 36.4 Å². The summed E-state index contributed by atoms with van der Waals surface area (Å²) in [5.74, 6) is 0.576. The Balaban J connectivity index is 1.44. The second-order valence-electron chi connectivity index (χ2n) is 7.04. The summed E-state index contributed by atoms with van der Waals surface area (Å²) in [5.41, 5.74) is 3.08. The maximum atomic E-state index is 12.3. The molecule has 1 aliphatic carbocycles. The first kappa shape index (κ1) is 14.5. The van der Waals surface area contributed by atoms with Crippen LogP contribution >= 0.6 is 0 Å². The maximum Gasteiger partial charge on any atom is 0.338 e. The van der Waals surface area contributed by atoms with Crippen LogP contribution in [0.1, 0.15) is 47.2 Å². The van der Waals surface area contributed by atoms with Gasteiger partial charge in [0.15, 0.2) is 0 Å². The Morgan fingerprint density at radius 3 is 2.43 bits per heavy atom. The third kappa shape index (κ3) is 2.90. The lowest BCUT2D eigenvalue weighted by molar-refractivity contribution is -0.0505. The van der Waals surface area contributed by atoms with Crippen LogP contribution in [0, 0.1) is 5.92 Å². The van der Waals surface area contributed by atoms with Crippen molar-refractivity contribution in [2.45, 2.75) is 44.1 Å². The van der Waals surface area contributed by atoms with Crippen molar-refractivity contribution in [3.8, 4) is 0 Å². The van der Waals surface area contributed by atoms with Crippen LogP contribution in [0.15, 0.2) is 54.6 Å². The fraction of sp³-hybridized carbons (Fsp3) is 0.381. The molecule has 4 rings (SSSR count). The van der Waals surface area contributed by atoms with Crippen molar-refractivity contribution in [2.24, 2.45) is 5.92 Å². The summed E-state index contributed by atoms with van der Waals surface area (Å²) in [6.07, 6.45) is 6.29. The zero-order chi connectivity index (χ0) is 15.7. The van der Waals surface area contributed by atoms with Gasteiger partial charge in [-0.25, -0.2) is 4.79 Å². The third-order valence-corrected chi connectivity index (χ3v) is 5.44. The molecule has 2 heteroatoms. The van der Waals surface area contributed by atoms with Gasteiger partial charge < -0.3 is 4.74 Å². The van der Waals surface area contributed by atoms with E-state index in [1.54, 1.807) is 0 Å². The van der Waals surface area contributed by atoms with E-state index in [1.165, 1.54) is 5.56 Å². The van der Waals surface area contributed by atoms with E-state index in [1.807, 2.05) is 18.2 Å². The maximum absolute atomic E-state index is 12.3. The first-order chi connectivity index (χ1) is 11.2. The molecule has 0 unspecified atom stereocenters. The Bertz CT molecular complexity index is 697. The highest BCUT2D eigenvalue weighted by molar-refractivity contribution is 5.92. The molecule has 0 amide bonds. The Morgan fingerprint density at radius 1 is 0.957 bits per heavy atom. The molecule has 2 aliphatic rings. The normalized spacial score (nSPS) is 26.6. The van der Waals surface area contributed by atoms with E-state index in [-0.39, 0.29) is 11.6 Å². The smallest absolute Gasteiger partial charge is 0.338 e. The summed E-state index contributed by atoms with van der Waals surface area (Å²) in [7, 11) is 0. The molecule has 23 heavy (non-hydrogen) atoms. The molecule has 0 radical (unpaired) electrons. The minimum absolute atomic E-state index is 0.131. The highest BCUT2D eigenvalue weighted by Crippen LogP contribution is 2.41. The van der Waals surface area contributed by atoms with E-state index in [0.29, 0.717) is 5.92 Å². The molecule has 0 N–H and O–H groups in total. The van der Waals surface area contributed by atoms with Crippen LogP contribution in [-0.4, -0.2) is 11.6 Å². The van der Waals surface area contributed by atoms with Crippen LogP contribution < -0.4 is 0 Å². The number of carbonyl (C=O) groups is 1. The van der Waals surface area contributed by atoms with Crippen LogP contribution in [0.4, 0.5) is 0 Å². The average Bonchev–Trinajstić information content (AvgIpc) is 2.58. The largest absolute Gasteiger partial charge is 0.455 e. The molecule has 2 aromatic rings. The van der Waals surface area contributed by atoms with E-state index < -0.39 is 0 Å². The van der Waals surface area contributed by atoms with Gasteiger partial charge in [0, 0.05) is 6.42 Å². The second-order valence-corrected chi connectivity index (χ2v) is 7.04. The molecular weight excluding hydrogens is 284 g/mol. The lowest BCUT2D eigenvalue weighted by Crippen LogP contribution is -2.44. The predicted molar refractivity (Wildman–Crippen MR) is 90.4 cm³/mol. The van der Waals surface area contributed by atoms with Crippen LogP contribution in [0.2, 0.25) is 0 Å². The van der Waals surface area contributed by atoms with Crippen molar-refractivity contribution in [1.82, 2.24) is 0 Å². The summed E-state index contributed by atoms with van der Waals surface area (Å²) in [6.45, 7) is 0. The zero-order valence-corrected chi connectivity index (χ0v) is 13.3. The van der Waals surface area contributed by atoms with Gasteiger partial charge in [0.05, 0.1) is 5.56 Å². The third-order valence-electron chi connectivity index (χ3n) is 5.44. The molecule has 1 saturated carbocycles. The molecule has 1 aliphatic heterocycles. The second kappa shape index (κ2) is 5.84. The van der Waals surface area contributed by atoms with Crippen molar-refractivity contribution in [3.05, 3.63) is 71.3 Å². The molecule has 0 saturated heterocycles. The van der Waals surface area contributed by atoms with Crippen molar-refractivity contribution < 1.29 is 9.53 Å². The minimum Gasteiger partial charge on any atom is -0.455 e. The number of hydrogen-bond acceptors (Lipinski definition) is 2. The molecule has 0 aromatic heterocycles. The van der Waals surface area contributed by atoms with Crippen molar-refractivity contribution in [1.29, 1.82) is 0 Å². The monoisotopic (exact) mass is 306 g/mol. The van der Waals surface area contributed by atoms with Gasteiger partial charge in [-0.15, -0.1) is 0 Å². The summed E-state index contributed by atoms with van der Waals surface area (Å²) >= 11 is 0. The van der Waals surface area contributed by atoms with Gasteiger partial charge >= 0.3 is 5.97 Å². The summed E-state index contributed by atoms with van der Waals surface area (Å²) in [5, 5.41) is 0. The quantitative estimate of drug-likeness (QED) is 0.760. The van der Waals surface area contributed by atoms with Crippen LogP contribution in [0.25, 0.3) is 0 Å².